The van der Waals surface area contributed by atoms with Gasteiger partial charge in [0.25, 0.3) is 0 Å². The molecule has 1 unspecified atom stereocenters. The van der Waals surface area contributed by atoms with Gasteiger partial charge in [-0.1, -0.05) is 52.9 Å². The summed E-state index contributed by atoms with van der Waals surface area (Å²) in [5.74, 6) is 0. The number of halogens is 1. The van der Waals surface area contributed by atoms with Gasteiger partial charge in [-0.05, 0) is 5.56 Å². The van der Waals surface area contributed by atoms with Crippen molar-refractivity contribution in [3.8, 4) is 0 Å². The number of aliphatic hydroxyl groups is 2. The van der Waals surface area contributed by atoms with E-state index in [1.54, 1.807) is 0 Å². The third-order valence-electron chi connectivity index (χ3n) is 3.14. The van der Waals surface area contributed by atoms with Gasteiger partial charge in [-0.25, -0.2) is 0 Å². The van der Waals surface area contributed by atoms with Gasteiger partial charge < -0.3 is 10.2 Å². The molecule has 1 aliphatic rings. The summed E-state index contributed by atoms with van der Waals surface area (Å²) in [6.45, 7) is 1.67. The first-order chi connectivity index (χ1) is 7.71. The zero-order chi connectivity index (χ0) is 11.6. The van der Waals surface area contributed by atoms with E-state index in [9.17, 15) is 10.2 Å². The summed E-state index contributed by atoms with van der Waals surface area (Å²) in [5, 5.41) is 18.4. The molecule has 1 saturated heterocycles. The van der Waals surface area contributed by atoms with Crippen LogP contribution < -0.4 is 0 Å². The van der Waals surface area contributed by atoms with Crippen molar-refractivity contribution in [2.75, 3.05) is 26.3 Å². The van der Waals surface area contributed by atoms with Gasteiger partial charge in [0.05, 0.1) is 17.3 Å². The first-order valence-corrected chi connectivity index (χ1v) is 6.60. The van der Waals surface area contributed by atoms with E-state index in [1.165, 1.54) is 5.56 Å². The second kappa shape index (κ2) is 5.00. The normalized spacial score (nSPS) is 21.4. The Labute approximate surface area is 109 Å². The lowest BCUT2D eigenvalue weighted by atomic mass is 9.81. The molecule has 0 bridgehead atoms. The van der Waals surface area contributed by atoms with Gasteiger partial charge in [-0.15, -0.1) is 0 Å². The Morgan fingerprint density at radius 3 is 2.25 bits per heavy atom. The molecule has 3 nitrogen and oxygen atoms in total. The second-order valence-electron chi connectivity index (χ2n) is 4.47. The van der Waals surface area contributed by atoms with Gasteiger partial charge in [0.15, 0.2) is 0 Å². The van der Waals surface area contributed by atoms with E-state index in [2.05, 4.69) is 39.6 Å². The van der Waals surface area contributed by atoms with Crippen LogP contribution in [0.5, 0.6) is 0 Å². The fourth-order valence-electron chi connectivity index (χ4n) is 2.05. The highest BCUT2D eigenvalue weighted by Crippen LogP contribution is 2.39. The van der Waals surface area contributed by atoms with Crippen LogP contribution in [0.4, 0.5) is 0 Å². The van der Waals surface area contributed by atoms with Crippen LogP contribution >= 0.6 is 22.6 Å². The van der Waals surface area contributed by atoms with Crippen LogP contribution in [-0.2, 0) is 0 Å². The van der Waals surface area contributed by atoms with E-state index in [1.807, 2.05) is 18.2 Å². The minimum absolute atomic E-state index is 0.0676. The summed E-state index contributed by atoms with van der Waals surface area (Å²) in [4.78, 5) is 2.27. The van der Waals surface area contributed by atoms with Gasteiger partial charge in [0.1, 0.15) is 0 Å². The van der Waals surface area contributed by atoms with Crippen molar-refractivity contribution in [2.45, 2.75) is 4.05 Å². The Morgan fingerprint density at radius 1 is 1.19 bits per heavy atom. The zero-order valence-electron chi connectivity index (χ0n) is 9.01. The first kappa shape index (κ1) is 12.3. The van der Waals surface area contributed by atoms with E-state index in [-0.39, 0.29) is 18.6 Å². The molecular formula is C12H16INO2. The Kier molecular flexibility index (Phi) is 3.84. The molecule has 0 aromatic heterocycles. The number of alkyl halides is 1. The van der Waals surface area contributed by atoms with Gasteiger partial charge >= 0.3 is 0 Å². The third-order valence-corrected chi connectivity index (χ3v) is 4.65. The molecule has 0 saturated carbocycles. The van der Waals surface area contributed by atoms with Gasteiger partial charge in [0.2, 0.25) is 0 Å². The fourth-order valence-corrected chi connectivity index (χ4v) is 2.86. The molecule has 4 heteroatoms. The van der Waals surface area contributed by atoms with Crippen molar-refractivity contribution in [1.29, 1.82) is 0 Å². The van der Waals surface area contributed by atoms with Crippen molar-refractivity contribution in [3.05, 3.63) is 35.9 Å². The summed E-state index contributed by atoms with van der Waals surface area (Å²) in [6.07, 6.45) is 0. The van der Waals surface area contributed by atoms with Crippen LogP contribution in [0.15, 0.2) is 30.3 Å². The van der Waals surface area contributed by atoms with E-state index in [0.717, 1.165) is 13.1 Å². The van der Waals surface area contributed by atoms with Crippen molar-refractivity contribution < 1.29 is 10.2 Å². The minimum Gasteiger partial charge on any atom is -0.396 e. The molecule has 0 radical (unpaired) electrons. The Bertz CT molecular complexity index is 332. The fraction of sp³-hybridized carbons (Fsp3) is 0.500. The largest absolute Gasteiger partial charge is 0.396 e. The number of hydrogen-bond acceptors (Lipinski definition) is 3. The van der Waals surface area contributed by atoms with Crippen molar-refractivity contribution in [1.82, 2.24) is 4.90 Å². The minimum atomic E-state index is -0.280. The summed E-state index contributed by atoms with van der Waals surface area (Å²) in [5.41, 5.74) is 0.991. The number of rotatable bonds is 4. The molecule has 0 aliphatic carbocycles. The highest BCUT2D eigenvalue weighted by Gasteiger charge is 2.44. The molecule has 0 amide bonds. The molecule has 2 N–H and O–H groups in total. The molecule has 1 atom stereocenters. The van der Waals surface area contributed by atoms with Crippen LogP contribution in [0.2, 0.25) is 0 Å². The smallest absolute Gasteiger partial charge is 0.0874 e. The monoisotopic (exact) mass is 333 g/mol. The lowest BCUT2D eigenvalue weighted by molar-refractivity contribution is -0.0777. The zero-order valence-corrected chi connectivity index (χ0v) is 11.2. The number of benzene rings is 1. The molecule has 2 rings (SSSR count). The summed E-state index contributed by atoms with van der Waals surface area (Å²) in [6, 6.07) is 10.3. The maximum Gasteiger partial charge on any atom is 0.0874 e. The Hall–Kier alpha value is -0.170. The summed E-state index contributed by atoms with van der Waals surface area (Å²) < 4.78 is 0.324. The average molecular weight is 333 g/mol. The van der Waals surface area contributed by atoms with E-state index >= 15 is 0 Å². The predicted octanol–water partition coefficient (Wildman–Crippen LogP) is 1.41. The Balaban J connectivity index is 1.97. The van der Waals surface area contributed by atoms with Crippen LogP contribution in [0.3, 0.4) is 0 Å². The molecule has 1 fully saturated rings. The third kappa shape index (κ3) is 2.25. The number of nitrogens with zero attached hydrogens (tertiary/aromatic N) is 1. The molecule has 16 heavy (non-hydrogen) atoms. The molecule has 1 aromatic rings. The van der Waals surface area contributed by atoms with Crippen LogP contribution in [-0.4, -0.2) is 41.4 Å². The van der Waals surface area contributed by atoms with Gasteiger partial charge in [0, 0.05) is 18.5 Å². The lowest BCUT2D eigenvalue weighted by Crippen LogP contribution is -2.60. The van der Waals surface area contributed by atoms with Gasteiger partial charge in [-0.2, -0.15) is 0 Å². The van der Waals surface area contributed by atoms with E-state index in [0.29, 0.717) is 4.05 Å². The van der Waals surface area contributed by atoms with Crippen LogP contribution in [0.1, 0.15) is 9.61 Å². The Morgan fingerprint density at radius 2 is 1.75 bits per heavy atom. The van der Waals surface area contributed by atoms with Crippen molar-refractivity contribution in [2.24, 2.45) is 5.41 Å². The quantitative estimate of drug-likeness (QED) is 0.497. The lowest BCUT2D eigenvalue weighted by Gasteiger charge is -2.50. The second-order valence-corrected chi connectivity index (χ2v) is 5.65. The molecular weight excluding hydrogens is 317 g/mol. The number of likely N-dealkylation sites (tertiary alicyclic amines) is 1. The standard InChI is InChI=1S/C12H16INO2/c13-11(10-4-2-1-3-5-10)14-6-12(7-14,8-15)9-16/h1-5,11,15-16H,6-9H2. The number of aliphatic hydroxyl groups excluding tert-OH is 2. The van der Waals surface area contributed by atoms with Crippen molar-refractivity contribution >= 4 is 22.6 Å². The molecule has 88 valence electrons. The maximum absolute atomic E-state index is 9.22. The predicted molar refractivity (Wildman–Crippen MR) is 71.4 cm³/mol. The van der Waals surface area contributed by atoms with E-state index in [4.69, 9.17) is 0 Å². The summed E-state index contributed by atoms with van der Waals surface area (Å²) in [7, 11) is 0. The topological polar surface area (TPSA) is 43.7 Å². The number of hydrogen-bond donors (Lipinski definition) is 2. The van der Waals surface area contributed by atoms with Crippen LogP contribution in [0.25, 0.3) is 0 Å². The molecule has 1 aromatic carbocycles. The van der Waals surface area contributed by atoms with E-state index < -0.39 is 0 Å². The van der Waals surface area contributed by atoms with Crippen molar-refractivity contribution in [3.63, 3.8) is 0 Å². The molecule has 0 spiro atoms. The average Bonchev–Trinajstić information content (AvgIpc) is 2.30. The first-order valence-electron chi connectivity index (χ1n) is 5.35. The highest BCUT2D eigenvalue weighted by atomic mass is 127. The van der Waals surface area contributed by atoms with Crippen LogP contribution in [0, 0.1) is 5.41 Å². The highest BCUT2D eigenvalue weighted by molar-refractivity contribution is 14.1. The molecule has 1 heterocycles. The summed E-state index contributed by atoms with van der Waals surface area (Å²) >= 11 is 2.40. The molecule has 1 aliphatic heterocycles. The SMILES string of the molecule is OCC1(CO)CN(C(I)c2ccccc2)C1. The van der Waals surface area contributed by atoms with Gasteiger partial charge in [-0.3, -0.25) is 4.90 Å². The maximum atomic E-state index is 9.22.